The molecule has 0 aliphatic carbocycles. The summed E-state index contributed by atoms with van der Waals surface area (Å²) < 4.78 is 28.0. The topological polar surface area (TPSA) is 147 Å². The number of aromatic carboxylic acids is 1. The van der Waals surface area contributed by atoms with Gasteiger partial charge in [-0.05, 0) is 35.6 Å². The van der Waals surface area contributed by atoms with Crippen molar-refractivity contribution >= 4 is 33.4 Å². The molecule has 3 rings (SSSR count). The van der Waals surface area contributed by atoms with Gasteiger partial charge in [0.25, 0.3) is 10.1 Å². The predicted octanol–water partition coefficient (Wildman–Crippen LogP) is 4.31. The van der Waals surface area contributed by atoms with Crippen molar-refractivity contribution < 1.29 is 32.8 Å². The third-order valence-corrected chi connectivity index (χ3v) is 5.82. The third kappa shape index (κ3) is 9.47. The molecule has 0 saturated heterocycles. The molecule has 0 saturated carbocycles. The number of hydrogen-bond donors (Lipinski definition) is 3. The van der Waals surface area contributed by atoms with Crippen molar-refractivity contribution in [1.29, 1.82) is 0 Å². The van der Waals surface area contributed by atoms with Gasteiger partial charge in [0.05, 0.1) is 17.7 Å². The van der Waals surface area contributed by atoms with E-state index in [4.69, 9.17) is 14.8 Å². The van der Waals surface area contributed by atoms with Crippen LogP contribution in [0.4, 0.5) is 0 Å². The van der Waals surface area contributed by atoms with Crippen LogP contribution in [0, 0.1) is 0 Å². The van der Waals surface area contributed by atoms with Gasteiger partial charge in [0.2, 0.25) is 0 Å². The zero-order chi connectivity index (χ0) is 26.0. The number of allylic oxidation sites excluding steroid dienone is 1. The van der Waals surface area contributed by atoms with Crippen LogP contribution < -0.4 is 0 Å². The number of carboxylic acids is 2. The van der Waals surface area contributed by atoms with E-state index < -0.39 is 22.1 Å². The molecule has 2 heterocycles. The second kappa shape index (κ2) is 13.0. The highest BCUT2D eigenvalue weighted by Gasteiger charge is 2.20. The van der Waals surface area contributed by atoms with E-state index >= 15 is 0 Å². The average molecular weight is 521 g/mol. The smallest absolute Gasteiger partial charge is 0.335 e. The number of benzene rings is 1. The maximum Gasteiger partial charge on any atom is 0.335 e. The number of thiophene rings is 1. The molecule has 0 amide bonds. The molecule has 3 N–H and O–H groups in total. The summed E-state index contributed by atoms with van der Waals surface area (Å²) in [5.74, 6) is -1.22. The van der Waals surface area contributed by atoms with Crippen LogP contribution in [-0.2, 0) is 27.9 Å². The summed E-state index contributed by atoms with van der Waals surface area (Å²) in [5.41, 5.74) is 2.13. The van der Waals surface area contributed by atoms with Crippen molar-refractivity contribution in [3.8, 4) is 0 Å². The molecule has 2 aromatic heterocycles. The number of carboxylic acid groups (broad SMARTS) is 2. The first-order chi connectivity index (χ1) is 16.5. The van der Waals surface area contributed by atoms with Crippen molar-refractivity contribution in [2.75, 3.05) is 6.26 Å². The maximum atomic E-state index is 11.2. The number of carbonyl (C=O) groups is 2. The van der Waals surface area contributed by atoms with E-state index in [2.05, 4.69) is 16.5 Å². The van der Waals surface area contributed by atoms with Gasteiger partial charge in [0.15, 0.2) is 0 Å². The van der Waals surface area contributed by atoms with Gasteiger partial charge in [0.1, 0.15) is 5.82 Å². The summed E-state index contributed by atoms with van der Waals surface area (Å²) >= 11 is 1.57. The summed E-state index contributed by atoms with van der Waals surface area (Å²) in [6, 6.07) is 10.8. The summed E-state index contributed by atoms with van der Waals surface area (Å²) in [5, 5.41) is 20.3. The quantitative estimate of drug-likeness (QED) is 0.265. The van der Waals surface area contributed by atoms with Crippen LogP contribution in [0.1, 0.15) is 58.0 Å². The molecule has 0 spiro atoms. The average Bonchev–Trinajstić information content (AvgIpc) is 3.43. The number of nitrogens with zero attached hydrogens (tertiary/aromatic N) is 2. The Bertz CT molecular complexity index is 1240. The van der Waals surface area contributed by atoms with Crippen molar-refractivity contribution in [2.24, 2.45) is 0 Å². The molecule has 0 fully saturated rings. The molecular weight excluding hydrogens is 492 g/mol. The second-order valence-electron chi connectivity index (χ2n) is 7.71. The van der Waals surface area contributed by atoms with Gasteiger partial charge >= 0.3 is 11.9 Å². The normalized spacial score (nSPS) is 12.2. The van der Waals surface area contributed by atoms with Crippen LogP contribution in [0.5, 0.6) is 0 Å². The lowest BCUT2D eigenvalue weighted by atomic mass is 10.0. The van der Waals surface area contributed by atoms with E-state index in [9.17, 15) is 18.0 Å². The summed E-state index contributed by atoms with van der Waals surface area (Å²) in [7, 11) is -3.67. The van der Waals surface area contributed by atoms with Crippen LogP contribution in [0.25, 0.3) is 0 Å². The first kappa shape index (κ1) is 28.0. The van der Waals surface area contributed by atoms with Crippen LogP contribution in [-0.4, -0.2) is 50.9 Å². The fourth-order valence-electron chi connectivity index (χ4n) is 3.32. The Morgan fingerprint density at radius 2 is 1.83 bits per heavy atom. The molecule has 3 aromatic rings. The van der Waals surface area contributed by atoms with Crippen LogP contribution >= 0.6 is 11.3 Å². The van der Waals surface area contributed by atoms with Gasteiger partial charge in [-0.1, -0.05) is 37.6 Å². The van der Waals surface area contributed by atoms with Crippen molar-refractivity contribution in [3.05, 3.63) is 87.6 Å². The Morgan fingerprint density at radius 3 is 2.34 bits per heavy atom. The van der Waals surface area contributed by atoms with Gasteiger partial charge in [-0.3, -0.25) is 4.55 Å². The maximum absolute atomic E-state index is 11.2. The second-order valence-corrected chi connectivity index (χ2v) is 10.2. The summed E-state index contributed by atoms with van der Waals surface area (Å²) in [6.07, 6.45) is 8.28. The minimum absolute atomic E-state index is 0.220. The lowest BCUT2D eigenvalue weighted by Gasteiger charge is -2.17. The number of aromatic nitrogens is 2. The third-order valence-electron chi connectivity index (χ3n) is 4.86. The first-order valence-corrected chi connectivity index (χ1v) is 13.5. The monoisotopic (exact) mass is 520 g/mol. The number of aliphatic carboxylic acids is 1. The molecule has 11 heteroatoms. The van der Waals surface area contributed by atoms with Crippen LogP contribution in [0.2, 0.25) is 0 Å². The molecule has 0 aliphatic rings. The lowest BCUT2D eigenvalue weighted by molar-refractivity contribution is -0.131. The van der Waals surface area contributed by atoms with Gasteiger partial charge in [-0.25, -0.2) is 14.6 Å². The number of aryl methyl sites for hydroxylation is 1. The van der Waals surface area contributed by atoms with Gasteiger partial charge in [-0.15, -0.1) is 11.3 Å². The van der Waals surface area contributed by atoms with Crippen LogP contribution in [0.15, 0.2) is 60.1 Å². The van der Waals surface area contributed by atoms with Gasteiger partial charge in [0, 0.05) is 35.8 Å². The van der Waals surface area contributed by atoms with Gasteiger partial charge < -0.3 is 14.8 Å². The molecule has 0 bridgehead atoms. The first-order valence-electron chi connectivity index (χ1n) is 10.7. The molecule has 1 atom stereocenters. The molecule has 35 heavy (non-hydrogen) atoms. The highest BCUT2D eigenvalue weighted by Crippen LogP contribution is 2.31. The zero-order valence-corrected chi connectivity index (χ0v) is 21.0. The van der Waals surface area contributed by atoms with Crippen molar-refractivity contribution in [1.82, 2.24) is 9.55 Å². The number of rotatable bonds is 10. The van der Waals surface area contributed by atoms with Gasteiger partial charge in [-0.2, -0.15) is 8.42 Å². The molecule has 1 aromatic carbocycles. The standard InChI is InChI=1S/C23H24N2O4S.CH4O3S/c1-2-3-6-21-24-14-19(18(11-12-22(26)27)20-5-4-13-30-20)25(21)15-16-7-9-17(10-8-16)23(28)29;1-5(2,3)4/h4-5,7-14,18H,2-3,6,15H2,1H3,(H,26,27)(H,28,29);1H3,(H,2,3,4). The molecule has 0 radical (unpaired) electrons. The van der Waals surface area contributed by atoms with Crippen LogP contribution in [0.3, 0.4) is 0 Å². The van der Waals surface area contributed by atoms with E-state index in [0.717, 1.165) is 41.2 Å². The van der Waals surface area contributed by atoms with E-state index in [-0.39, 0.29) is 11.5 Å². The molecule has 9 nitrogen and oxygen atoms in total. The Kier molecular flexibility index (Phi) is 10.4. The van der Waals surface area contributed by atoms with E-state index in [0.29, 0.717) is 12.8 Å². The molecule has 188 valence electrons. The minimum Gasteiger partial charge on any atom is -0.478 e. The number of imidazole rings is 1. The van der Waals surface area contributed by atoms with E-state index in [1.807, 2.05) is 35.8 Å². The molecular formula is C24H28N2O7S2. The summed E-state index contributed by atoms with van der Waals surface area (Å²) in [4.78, 5) is 28.0. The minimum atomic E-state index is -3.67. The predicted molar refractivity (Wildman–Crippen MR) is 134 cm³/mol. The fourth-order valence-corrected chi connectivity index (χ4v) is 4.13. The van der Waals surface area contributed by atoms with E-state index in [1.54, 1.807) is 29.5 Å². The Balaban J connectivity index is 0.000000784. The van der Waals surface area contributed by atoms with Crippen molar-refractivity contribution in [2.45, 2.75) is 38.6 Å². The summed E-state index contributed by atoms with van der Waals surface area (Å²) in [6.45, 7) is 2.67. The Hall–Kier alpha value is -3.28. The van der Waals surface area contributed by atoms with Crippen molar-refractivity contribution in [3.63, 3.8) is 0 Å². The SMILES string of the molecule is CCCCc1ncc(C(C=CC(=O)O)c2cccs2)n1Cc1ccc(C(=O)O)cc1.CS(=O)(=O)O. The zero-order valence-electron chi connectivity index (χ0n) is 19.4. The largest absolute Gasteiger partial charge is 0.478 e. The Labute approximate surface area is 208 Å². The number of hydrogen-bond acceptors (Lipinski definition) is 6. The highest BCUT2D eigenvalue weighted by atomic mass is 32.2. The molecule has 0 aliphatic heterocycles. The van der Waals surface area contributed by atoms with E-state index in [1.165, 1.54) is 6.08 Å². The molecule has 1 unspecified atom stereocenters. The highest BCUT2D eigenvalue weighted by molar-refractivity contribution is 7.85. The fraction of sp³-hybridized carbons (Fsp3) is 0.292. The Morgan fingerprint density at radius 1 is 1.17 bits per heavy atom. The lowest BCUT2D eigenvalue weighted by Crippen LogP contribution is -2.12. The number of unbranched alkanes of at least 4 members (excludes halogenated alkanes) is 1.